The predicted molar refractivity (Wildman–Crippen MR) is 244 cm³/mol. The summed E-state index contributed by atoms with van der Waals surface area (Å²) in [5.74, 6) is -1.16. The molecule has 0 aromatic heterocycles. The highest BCUT2D eigenvalue weighted by Crippen LogP contribution is 2.41. The molecular weight excluding hydrogens is 753 g/mol. The number of carbonyl (C=O) groups excluding carboxylic acids is 4. The molecule has 8 heteroatoms. The second-order valence-electron chi connectivity index (χ2n) is 17.1. The Morgan fingerprint density at radius 1 is 0.417 bits per heavy atom. The van der Waals surface area contributed by atoms with Gasteiger partial charge in [-0.25, -0.2) is 19.2 Å². The molecule has 4 aromatic carbocycles. The van der Waals surface area contributed by atoms with Gasteiger partial charge in [0.2, 0.25) is 0 Å². The molecule has 4 rings (SSSR count). The number of hydrogen-bond donors (Lipinski definition) is 0. The number of ether oxygens (including phenoxy) is 4. The number of unbranched alkanes of at least 4 members (excludes halogenated alkanes) is 4. The first-order valence-electron chi connectivity index (χ1n) is 23.6. The van der Waals surface area contributed by atoms with Crippen LogP contribution >= 0.6 is 0 Å². The first-order valence-corrected chi connectivity index (χ1v) is 23.6. The van der Waals surface area contributed by atoms with E-state index in [1.54, 1.807) is 24.3 Å². The molecule has 60 heavy (non-hydrogen) atoms. The van der Waals surface area contributed by atoms with Crippen LogP contribution in [0.2, 0.25) is 0 Å². The summed E-state index contributed by atoms with van der Waals surface area (Å²) in [6, 6.07) is 10.5. The molecule has 0 spiro atoms. The third-order valence-corrected chi connectivity index (χ3v) is 12.7. The minimum Gasteiger partial charge on any atom is -0.462 e. The van der Waals surface area contributed by atoms with Gasteiger partial charge in [-0.15, -0.1) is 0 Å². The average Bonchev–Trinajstić information content (AvgIpc) is 3.27. The van der Waals surface area contributed by atoms with Gasteiger partial charge in [0.25, 0.3) is 0 Å². The minimum absolute atomic E-state index is 0.192. The highest BCUT2D eigenvalue weighted by Gasteiger charge is 2.28. The van der Waals surface area contributed by atoms with E-state index in [1.807, 2.05) is 12.1 Å². The zero-order chi connectivity index (χ0) is 43.6. The summed E-state index contributed by atoms with van der Waals surface area (Å²) in [6.07, 6.45) is 15.8. The van der Waals surface area contributed by atoms with Crippen molar-refractivity contribution in [3.63, 3.8) is 0 Å². The largest absolute Gasteiger partial charge is 0.462 e. The van der Waals surface area contributed by atoms with Gasteiger partial charge in [-0.1, -0.05) is 145 Å². The number of esters is 4. The Kier molecular flexibility index (Phi) is 20.1. The zero-order valence-corrected chi connectivity index (χ0v) is 38.2. The van der Waals surface area contributed by atoms with Gasteiger partial charge in [0.15, 0.2) is 0 Å². The van der Waals surface area contributed by atoms with Crippen LogP contribution in [0.5, 0.6) is 0 Å². The van der Waals surface area contributed by atoms with Crippen molar-refractivity contribution in [2.45, 2.75) is 158 Å². The van der Waals surface area contributed by atoms with Gasteiger partial charge in [0, 0.05) is 0 Å². The van der Waals surface area contributed by atoms with Crippen molar-refractivity contribution in [2.24, 2.45) is 23.7 Å². The van der Waals surface area contributed by atoms with Crippen molar-refractivity contribution in [2.75, 3.05) is 26.4 Å². The van der Waals surface area contributed by atoms with Crippen LogP contribution in [0.4, 0.5) is 0 Å². The van der Waals surface area contributed by atoms with Crippen molar-refractivity contribution in [1.29, 1.82) is 0 Å². The molecule has 4 atom stereocenters. The molecule has 8 nitrogen and oxygen atoms in total. The van der Waals surface area contributed by atoms with Crippen molar-refractivity contribution < 1.29 is 38.1 Å². The van der Waals surface area contributed by atoms with Crippen molar-refractivity contribution in [3.05, 3.63) is 58.7 Å². The fraction of sp³-hybridized carbons (Fsp3) is 0.615. The van der Waals surface area contributed by atoms with E-state index in [0.717, 1.165) is 103 Å². The third kappa shape index (κ3) is 12.7. The lowest BCUT2D eigenvalue weighted by atomic mass is 9.86. The number of benzene rings is 4. The van der Waals surface area contributed by atoms with Gasteiger partial charge in [0.05, 0.1) is 48.7 Å². The molecule has 0 saturated carbocycles. The molecule has 0 bridgehead atoms. The average molecular weight is 827 g/mol. The first-order chi connectivity index (χ1) is 29.1. The van der Waals surface area contributed by atoms with E-state index in [9.17, 15) is 19.2 Å². The summed E-state index contributed by atoms with van der Waals surface area (Å²) in [5, 5.41) is 3.57. The summed E-state index contributed by atoms with van der Waals surface area (Å²) in [7, 11) is 0. The quantitative estimate of drug-likeness (QED) is 0.0317. The van der Waals surface area contributed by atoms with Crippen LogP contribution in [-0.2, 0) is 18.9 Å². The molecular formula is C52H74O8. The molecule has 0 N–H and O–H groups in total. The van der Waals surface area contributed by atoms with Crippen LogP contribution < -0.4 is 0 Å². The van der Waals surface area contributed by atoms with E-state index >= 15 is 0 Å². The number of rotatable bonds is 28. The number of carbonyl (C=O) groups is 4. The Bertz CT molecular complexity index is 1980. The Balaban J connectivity index is 1.94. The van der Waals surface area contributed by atoms with E-state index in [1.165, 1.54) is 0 Å². The van der Waals surface area contributed by atoms with Gasteiger partial charge >= 0.3 is 23.9 Å². The molecule has 4 aromatic rings. The van der Waals surface area contributed by atoms with Crippen LogP contribution in [0, 0.1) is 23.7 Å². The van der Waals surface area contributed by atoms with E-state index in [4.69, 9.17) is 18.9 Å². The van der Waals surface area contributed by atoms with E-state index < -0.39 is 23.9 Å². The van der Waals surface area contributed by atoms with E-state index in [0.29, 0.717) is 44.5 Å². The summed E-state index contributed by atoms with van der Waals surface area (Å²) >= 11 is 0. The summed E-state index contributed by atoms with van der Waals surface area (Å²) in [6.45, 7) is 18.1. The second-order valence-corrected chi connectivity index (χ2v) is 17.1. The maximum absolute atomic E-state index is 14.4. The lowest BCUT2D eigenvalue weighted by Gasteiger charge is -2.21. The Morgan fingerprint density at radius 3 is 1.18 bits per heavy atom. The molecule has 0 fully saturated rings. The molecule has 0 saturated heterocycles. The molecule has 0 amide bonds. The Morgan fingerprint density at radius 2 is 0.783 bits per heavy atom. The van der Waals surface area contributed by atoms with Crippen LogP contribution in [0.1, 0.15) is 200 Å². The van der Waals surface area contributed by atoms with Gasteiger partial charge in [0.1, 0.15) is 0 Å². The van der Waals surface area contributed by atoms with Gasteiger partial charge in [-0.3, -0.25) is 0 Å². The maximum atomic E-state index is 14.4. The smallest absolute Gasteiger partial charge is 0.338 e. The van der Waals surface area contributed by atoms with Gasteiger partial charge < -0.3 is 18.9 Å². The lowest BCUT2D eigenvalue weighted by Crippen LogP contribution is -2.18. The van der Waals surface area contributed by atoms with Crippen LogP contribution in [0.25, 0.3) is 32.3 Å². The second kappa shape index (κ2) is 24.9. The number of hydrogen-bond acceptors (Lipinski definition) is 8. The molecule has 0 aliphatic rings. The Labute approximate surface area is 360 Å². The topological polar surface area (TPSA) is 105 Å². The predicted octanol–water partition coefficient (Wildman–Crippen LogP) is 14.1. The summed E-state index contributed by atoms with van der Waals surface area (Å²) < 4.78 is 24.1. The fourth-order valence-electron chi connectivity index (χ4n) is 8.30. The van der Waals surface area contributed by atoms with Crippen LogP contribution in [0.15, 0.2) is 36.4 Å². The Hall–Kier alpha value is -4.20. The fourth-order valence-corrected chi connectivity index (χ4v) is 8.30. The monoisotopic (exact) mass is 827 g/mol. The molecule has 0 aliphatic carbocycles. The SMILES string of the molecule is CCCC[C@H](CC)COC(=O)c1cc2ccc3c(C(=O)OC[C@@H](CC)CCCC)cc(C(=O)OC[C@@H](CC)CCCC)c4cc(C(=O)OC[C@@H](CC)CCCC)c(c1)c2c34. The maximum Gasteiger partial charge on any atom is 0.338 e. The van der Waals surface area contributed by atoms with Crippen molar-refractivity contribution >= 4 is 56.2 Å². The molecule has 0 radical (unpaired) electrons. The van der Waals surface area contributed by atoms with Crippen LogP contribution in [-0.4, -0.2) is 50.3 Å². The van der Waals surface area contributed by atoms with E-state index in [-0.39, 0.29) is 60.2 Å². The highest BCUT2D eigenvalue weighted by molar-refractivity contribution is 6.32. The third-order valence-electron chi connectivity index (χ3n) is 12.7. The van der Waals surface area contributed by atoms with Gasteiger partial charge in [-0.05, 0) is 106 Å². The van der Waals surface area contributed by atoms with Crippen LogP contribution in [0.3, 0.4) is 0 Å². The standard InChI is InChI=1S/C52H74O8/c1-9-17-21-35(13-5)31-57-49(53)40-27-39-25-26-41-44(50(54)58-32-36(14-6)22-18-10-2)30-46(52(56)60-34-38(16-8)24-20-12-4)43-29-45(42(28-40)47(39)48(41)43)51(55)59-33-37(15-7)23-19-11-3/h25-30,35-38H,9-24,31-34H2,1-8H3/t35-,36-,37-,38-/m0/s1. The minimum atomic E-state index is -0.561. The highest BCUT2D eigenvalue weighted by atomic mass is 16.5. The molecule has 0 aliphatic heterocycles. The first kappa shape index (κ1) is 48.5. The zero-order valence-electron chi connectivity index (χ0n) is 38.2. The molecule has 0 heterocycles. The molecule has 330 valence electrons. The van der Waals surface area contributed by atoms with Gasteiger partial charge in [-0.2, -0.15) is 0 Å². The lowest BCUT2D eigenvalue weighted by molar-refractivity contribution is 0.0415. The summed E-state index contributed by atoms with van der Waals surface area (Å²) in [5.41, 5.74) is 1.02. The summed E-state index contributed by atoms with van der Waals surface area (Å²) in [4.78, 5) is 56.7. The molecule has 0 unspecified atom stereocenters. The van der Waals surface area contributed by atoms with E-state index in [2.05, 4.69) is 55.4 Å². The van der Waals surface area contributed by atoms with Crippen molar-refractivity contribution in [3.8, 4) is 0 Å². The normalized spacial score (nSPS) is 13.7. The van der Waals surface area contributed by atoms with Crippen molar-refractivity contribution in [1.82, 2.24) is 0 Å².